The van der Waals surface area contributed by atoms with Crippen molar-refractivity contribution in [3.8, 4) is 11.8 Å². The minimum atomic E-state index is -0.603. The van der Waals surface area contributed by atoms with E-state index in [9.17, 15) is 13.6 Å². The van der Waals surface area contributed by atoms with Gasteiger partial charge in [0.25, 0.3) is 5.91 Å². The van der Waals surface area contributed by atoms with E-state index in [4.69, 9.17) is 5.73 Å². The molecule has 0 aliphatic carbocycles. The van der Waals surface area contributed by atoms with Crippen LogP contribution in [-0.2, 0) is 0 Å². The van der Waals surface area contributed by atoms with Gasteiger partial charge in [-0.2, -0.15) is 0 Å². The van der Waals surface area contributed by atoms with Gasteiger partial charge in [0.15, 0.2) is 0 Å². The first-order valence-electron chi connectivity index (χ1n) is 6.15. The molecule has 5 heteroatoms. The fraction of sp³-hybridized carbons (Fsp3) is 0.0625. The van der Waals surface area contributed by atoms with Crippen molar-refractivity contribution in [1.82, 2.24) is 0 Å². The van der Waals surface area contributed by atoms with Crippen LogP contribution >= 0.6 is 0 Å². The molecule has 21 heavy (non-hydrogen) atoms. The van der Waals surface area contributed by atoms with Crippen LogP contribution in [0.4, 0.5) is 14.5 Å². The lowest BCUT2D eigenvalue weighted by Crippen LogP contribution is -2.13. The Morgan fingerprint density at radius 2 is 1.86 bits per heavy atom. The maximum absolute atomic E-state index is 13.8. The number of hydrogen-bond acceptors (Lipinski definition) is 2. The topological polar surface area (TPSA) is 55.1 Å². The van der Waals surface area contributed by atoms with Crippen LogP contribution in [0.2, 0.25) is 0 Å². The third-order valence-corrected chi connectivity index (χ3v) is 2.66. The summed E-state index contributed by atoms with van der Waals surface area (Å²) in [4.78, 5) is 11.9. The Hall–Kier alpha value is -2.71. The van der Waals surface area contributed by atoms with Crippen LogP contribution < -0.4 is 11.1 Å². The van der Waals surface area contributed by atoms with Crippen molar-refractivity contribution in [1.29, 1.82) is 0 Å². The van der Waals surface area contributed by atoms with Crippen molar-refractivity contribution in [2.45, 2.75) is 0 Å². The van der Waals surface area contributed by atoms with Crippen LogP contribution in [0.15, 0.2) is 42.5 Å². The van der Waals surface area contributed by atoms with Gasteiger partial charge >= 0.3 is 0 Å². The van der Waals surface area contributed by atoms with Crippen molar-refractivity contribution in [2.24, 2.45) is 5.73 Å². The molecule has 3 N–H and O–H groups in total. The average molecular weight is 286 g/mol. The molecule has 0 aliphatic rings. The van der Waals surface area contributed by atoms with E-state index in [2.05, 4.69) is 17.2 Å². The Morgan fingerprint density at radius 3 is 2.48 bits per heavy atom. The van der Waals surface area contributed by atoms with E-state index in [1.165, 1.54) is 24.3 Å². The van der Waals surface area contributed by atoms with Gasteiger partial charge in [-0.1, -0.05) is 11.8 Å². The second-order valence-corrected chi connectivity index (χ2v) is 4.16. The number of rotatable bonds is 2. The number of benzene rings is 2. The van der Waals surface area contributed by atoms with Gasteiger partial charge in [0.05, 0.1) is 12.2 Å². The van der Waals surface area contributed by atoms with Crippen LogP contribution in [0.5, 0.6) is 0 Å². The summed E-state index contributed by atoms with van der Waals surface area (Å²) in [6.07, 6.45) is 0. The quantitative estimate of drug-likeness (QED) is 0.834. The van der Waals surface area contributed by atoms with E-state index in [1.807, 2.05) is 0 Å². The largest absolute Gasteiger partial charge is 0.320 e. The molecule has 0 aromatic heterocycles. The standard InChI is InChI=1S/C16H12F2N2O/c17-13-6-4-12(5-7-13)16(21)20-15-8-3-11(2-1-9-19)10-14(15)18/h3-8,10H,9,19H2,(H,20,21). The molecule has 0 aliphatic heterocycles. The minimum Gasteiger partial charge on any atom is -0.320 e. The molecule has 106 valence electrons. The molecule has 0 heterocycles. The van der Waals surface area contributed by atoms with E-state index in [0.29, 0.717) is 5.56 Å². The summed E-state index contributed by atoms with van der Waals surface area (Å²) in [7, 11) is 0. The molecule has 2 aromatic rings. The van der Waals surface area contributed by atoms with E-state index >= 15 is 0 Å². The van der Waals surface area contributed by atoms with Crippen molar-refractivity contribution in [3.63, 3.8) is 0 Å². The summed E-state index contributed by atoms with van der Waals surface area (Å²) in [6, 6.07) is 9.17. The number of halogens is 2. The van der Waals surface area contributed by atoms with Crippen molar-refractivity contribution >= 4 is 11.6 Å². The number of carbonyl (C=O) groups is 1. The number of anilines is 1. The maximum Gasteiger partial charge on any atom is 0.255 e. The number of hydrogen-bond donors (Lipinski definition) is 2. The van der Waals surface area contributed by atoms with Gasteiger partial charge in [0.1, 0.15) is 11.6 Å². The van der Waals surface area contributed by atoms with Crippen LogP contribution in [-0.4, -0.2) is 12.5 Å². The van der Waals surface area contributed by atoms with Gasteiger partial charge in [-0.15, -0.1) is 0 Å². The van der Waals surface area contributed by atoms with Gasteiger partial charge in [-0.3, -0.25) is 4.79 Å². The molecule has 0 bridgehead atoms. The van der Waals surface area contributed by atoms with Gasteiger partial charge in [0.2, 0.25) is 0 Å². The van der Waals surface area contributed by atoms with E-state index < -0.39 is 17.5 Å². The average Bonchev–Trinajstić information content (AvgIpc) is 2.48. The predicted molar refractivity (Wildman–Crippen MR) is 76.7 cm³/mol. The number of carbonyl (C=O) groups excluding carboxylic acids is 1. The first kappa shape index (κ1) is 14.7. The summed E-state index contributed by atoms with van der Waals surface area (Å²) in [5.74, 6) is 3.74. The zero-order valence-corrected chi connectivity index (χ0v) is 11.0. The first-order valence-corrected chi connectivity index (χ1v) is 6.15. The number of nitrogens with two attached hydrogens (primary N) is 1. The summed E-state index contributed by atoms with van der Waals surface area (Å²) in [5, 5.41) is 2.42. The molecule has 0 unspecified atom stereocenters. The minimum absolute atomic E-state index is 0.0302. The van der Waals surface area contributed by atoms with Crippen LogP contribution in [0.25, 0.3) is 0 Å². The second-order valence-electron chi connectivity index (χ2n) is 4.16. The van der Waals surface area contributed by atoms with E-state index in [1.54, 1.807) is 6.07 Å². The first-order chi connectivity index (χ1) is 10.1. The molecule has 0 radical (unpaired) electrons. The smallest absolute Gasteiger partial charge is 0.255 e. The lowest BCUT2D eigenvalue weighted by atomic mass is 10.1. The Balaban J connectivity index is 2.16. The molecular weight excluding hydrogens is 274 g/mol. The van der Waals surface area contributed by atoms with Crippen molar-refractivity contribution in [2.75, 3.05) is 11.9 Å². The predicted octanol–water partition coefficient (Wildman–Crippen LogP) is 2.53. The van der Waals surface area contributed by atoms with E-state index in [-0.39, 0.29) is 17.8 Å². The highest BCUT2D eigenvalue weighted by Gasteiger charge is 2.09. The molecule has 0 fully saturated rings. The Morgan fingerprint density at radius 1 is 1.14 bits per heavy atom. The second kappa shape index (κ2) is 6.64. The zero-order valence-electron chi connectivity index (χ0n) is 11.0. The fourth-order valence-electron chi connectivity index (χ4n) is 1.64. The molecule has 0 spiro atoms. The molecular formula is C16H12F2N2O. The highest BCUT2D eigenvalue weighted by atomic mass is 19.1. The molecule has 3 nitrogen and oxygen atoms in total. The van der Waals surface area contributed by atoms with Gasteiger partial charge < -0.3 is 11.1 Å². The van der Waals surface area contributed by atoms with Gasteiger partial charge in [0, 0.05) is 11.1 Å². The van der Waals surface area contributed by atoms with Crippen molar-refractivity contribution in [3.05, 3.63) is 65.2 Å². The van der Waals surface area contributed by atoms with Crippen LogP contribution in [0.1, 0.15) is 15.9 Å². The normalized spacial score (nSPS) is 9.67. The number of nitrogens with one attached hydrogen (secondary N) is 1. The Kier molecular flexibility index (Phi) is 4.64. The van der Waals surface area contributed by atoms with Crippen molar-refractivity contribution < 1.29 is 13.6 Å². The Bertz CT molecular complexity index is 715. The number of amides is 1. The molecule has 0 saturated heterocycles. The molecule has 2 aromatic carbocycles. The molecule has 0 saturated carbocycles. The fourth-order valence-corrected chi connectivity index (χ4v) is 1.64. The SMILES string of the molecule is NCC#Cc1ccc(NC(=O)c2ccc(F)cc2)c(F)c1. The molecule has 1 amide bonds. The van der Waals surface area contributed by atoms with Gasteiger partial charge in [-0.25, -0.2) is 8.78 Å². The lowest BCUT2D eigenvalue weighted by molar-refractivity contribution is 0.102. The monoisotopic (exact) mass is 286 g/mol. The lowest BCUT2D eigenvalue weighted by Gasteiger charge is -2.06. The molecule has 0 atom stereocenters. The summed E-state index contributed by atoms with van der Waals surface area (Å²) in [5.41, 5.74) is 5.97. The summed E-state index contributed by atoms with van der Waals surface area (Å²) < 4.78 is 26.6. The third kappa shape index (κ3) is 3.88. The Labute approximate surface area is 120 Å². The van der Waals surface area contributed by atoms with Crippen LogP contribution in [0, 0.1) is 23.5 Å². The van der Waals surface area contributed by atoms with Crippen LogP contribution in [0.3, 0.4) is 0 Å². The molecule has 2 rings (SSSR count). The highest BCUT2D eigenvalue weighted by molar-refractivity contribution is 6.04. The van der Waals surface area contributed by atoms with E-state index in [0.717, 1.165) is 12.1 Å². The maximum atomic E-state index is 13.8. The third-order valence-electron chi connectivity index (χ3n) is 2.66. The van der Waals surface area contributed by atoms with Gasteiger partial charge in [-0.05, 0) is 42.5 Å². The summed E-state index contributed by atoms with van der Waals surface area (Å²) in [6.45, 7) is 0.185. The summed E-state index contributed by atoms with van der Waals surface area (Å²) >= 11 is 0. The highest BCUT2D eigenvalue weighted by Crippen LogP contribution is 2.16. The zero-order chi connectivity index (χ0) is 15.2.